The van der Waals surface area contributed by atoms with Crippen molar-refractivity contribution >= 4 is 35.8 Å². The van der Waals surface area contributed by atoms with E-state index in [4.69, 9.17) is 10.5 Å². The van der Waals surface area contributed by atoms with Gasteiger partial charge in [0.15, 0.2) is 12.6 Å². The highest BCUT2D eigenvalue weighted by Gasteiger charge is 2.02. The van der Waals surface area contributed by atoms with Crippen molar-refractivity contribution < 1.29 is 9.53 Å². The normalized spacial score (nSPS) is 11.0. The first-order chi connectivity index (χ1) is 14.0. The van der Waals surface area contributed by atoms with Crippen LogP contribution >= 0.6 is 24.0 Å². The van der Waals surface area contributed by atoms with E-state index in [1.54, 1.807) is 0 Å². The third kappa shape index (κ3) is 9.47. The first kappa shape index (κ1) is 25.7. The average molecular weight is 528 g/mol. The Hall–Kier alpha value is -2.30. The molecule has 1 aromatic heterocycles. The van der Waals surface area contributed by atoms with Crippen molar-refractivity contribution in [3.63, 3.8) is 0 Å². The van der Waals surface area contributed by atoms with Crippen LogP contribution in [0.15, 0.2) is 35.3 Å². The second-order valence-electron chi connectivity index (χ2n) is 6.84. The number of aliphatic imine (C=N–C) groups is 1. The van der Waals surface area contributed by atoms with Crippen molar-refractivity contribution in [2.75, 3.05) is 26.2 Å². The van der Waals surface area contributed by atoms with Gasteiger partial charge in [-0.2, -0.15) is 5.10 Å². The summed E-state index contributed by atoms with van der Waals surface area (Å²) in [6, 6.07) is 9.74. The molecule has 30 heavy (non-hydrogen) atoms. The SMILES string of the molecule is CCNC(=NCCCn1nc(C)cc1C)NCCc1ccc(OCC(N)=O)cc1.I. The Labute approximate surface area is 195 Å². The number of nitrogens with one attached hydrogen (secondary N) is 2. The Kier molecular flexibility index (Phi) is 11.9. The van der Waals surface area contributed by atoms with Crippen LogP contribution in [0.2, 0.25) is 0 Å². The lowest BCUT2D eigenvalue weighted by atomic mass is 10.1. The molecule has 1 amide bonds. The largest absolute Gasteiger partial charge is 0.484 e. The molecule has 8 nitrogen and oxygen atoms in total. The van der Waals surface area contributed by atoms with Crippen LogP contribution in [-0.4, -0.2) is 47.9 Å². The van der Waals surface area contributed by atoms with Gasteiger partial charge in [0.1, 0.15) is 5.75 Å². The smallest absolute Gasteiger partial charge is 0.255 e. The number of nitrogens with two attached hydrogens (primary N) is 1. The number of amides is 1. The van der Waals surface area contributed by atoms with Gasteiger partial charge >= 0.3 is 0 Å². The molecule has 0 bridgehead atoms. The van der Waals surface area contributed by atoms with E-state index in [2.05, 4.69) is 40.6 Å². The van der Waals surface area contributed by atoms with Gasteiger partial charge in [-0.05, 0) is 57.4 Å². The predicted molar refractivity (Wildman–Crippen MR) is 131 cm³/mol. The van der Waals surface area contributed by atoms with Crippen molar-refractivity contribution in [2.24, 2.45) is 10.7 Å². The summed E-state index contributed by atoms with van der Waals surface area (Å²) >= 11 is 0. The van der Waals surface area contributed by atoms with E-state index in [1.165, 1.54) is 11.3 Å². The summed E-state index contributed by atoms with van der Waals surface area (Å²) in [4.78, 5) is 15.4. The molecule has 2 aromatic rings. The van der Waals surface area contributed by atoms with Crippen LogP contribution < -0.4 is 21.1 Å². The molecule has 0 unspecified atom stereocenters. The Morgan fingerprint density at radius 1 is 1.23 bits per heavy atom. The Bertz CT molecular complexity index is 804. The quantitative estimate of drug-likeness (QED) is 0.180. The van der Waals surface area contributed by atoms with Gasteiger partial charge in [-0.15, -0.1) is 24.0 Å². The minimum Gasteiger partial charge on any atom is -0.484 e. The summed E-state index contributed by atoms with van der Waals surface area (Å²) < 4.78 is 7.30. The Morgan fingerprint density at radius 3 is 2.57 bits per heavy atom. The van der Waals surface area contributed by atoms with Crippen LogP contribution in [0, 0.1) is 13.8 Å². The summed E-state index contributed by atoms with van der Waals surface area (Å²) in [5, 5.41) is 11.1. The van der Waals surface area contributed by atoms with Crippen LogP contribution in [0.4, 0.5) is 0 Å². The predicted octanol–water partition coefficient (Wildman–Crippen LogP) is 2.17. The summed E-state index contributed by atoms with van der Waals surface area (Å²) in [7, 11) is 0. The number of ether oxygens (including phenoxy) is 1. The van der Waals surface area contributed by atoms with Crippen LogP contribution in [-0.2, 0) is 17.8 Å². The van der Waals surface area contributed by atoms with E-state index in [0.29, 0.717) is 5.75 Å². The lowest BCUT2D eigenvalue weighted by molar-refractivity contribution is -0.119. The number of nitrogens with zero attached hydrogens (tertiary/aromatic N) is 3. The van der Waals surface area contributed by atoms with E-state index in [0.717, 1.165) is 50.7 Å². The molecule has 166 valence electrons. The van der Waals surface area contributed by atoms with E-state index in [9.17, 15) is 4.79 Å². The van der Waals surface area contributed by atoms with E-state index < -0.39 is 5.91 Å². The Morgan fingerprint density at radius 2 is 1.97 bits per heavy atom. The molecule has 0 aliphatic rings. The number of benzene rings is 1. The minimum absolute atomic E-state index is 0. The number of halogens is 1. The zero-order valence-electron chi connectivity index (χ0n) is 18.0. The molecule has 0 atom stereocenters. The molecular formula is C21H33IN6O2. The number of carbonyl (C=O) groups excluding carboxylic acids is 1. The molecule has 2 rings (SSSR count). The number of hydrogen-bond acceptors (Lipinski definition) is 4. The first-order valence-electron chi connectivity index (χ1n) is 10.0. The van der Waals surface area contributed by atoms with Gasteiger partial charge in [0.2, 0.25) is 0 Å². The minimum atomic E-state index is -0.483. The molecule has 0 spiro atoms. The number of aromatic nitrogens is 2. The molecule has 0 aliphatic carbocycles. The molecule has 1 heterocycles. The molecule has 0 aliphatic heterocycles. The van der Waals surface area contributed by atoms with Crippen molar-refractivity contribution in [3.05, 3.63) is 47.3 Å². The van der Waals surface area contributed by atoms with Gasteiger partial charge in [-0.25, -0.2) is 0 Å². The highest BCUT2D eigenvalue weighted by Crippen LogP contribution is 2.12. The zero-order chi connectivity index (χ0) is 21.1. The maximum absolute atomic E-state index is 10.7. The summed E-state index contributed by atoms with van der Waals surface area (Å²) in [5.74, 6) is 0.976. The van der Waals surface area contributed by atoms with Gasteiger partial charge in [0.05, 0.1) is 5.69 Å². The third-order valence-electron chi connectivity index (χ3n) is 4.26. The van der Waals surface area contributed by atoms with Crippen LogP contribution in [0.1, 0.15) is 30.3 Å². The number of carbonyl (C=O) groups is 1. The topological polar surface area (TPSA) is 107 Å². The van der Waals surface area contributed by atoms with Gasteiger partial charge < -0.3 is 21.1 Å². The fraction of sp³-hybridized carbons (Fsp3) is 0.476. The highest BCUT2D eigenvalue weighted by atomic mass is 127. The summed E-state index contributed by atoms with van der Waals surface area (Å²) in [6.45, 7) is 9.22. The van der Waals surface area contributed by atoms with Gasteiger partial charge in [-0.1, -0.05) is 12.1 Å². The number of hydrogen-bond donors (Lipinski definition) is 3. The molecule has 0 saturated heterocycles. The standard InChI is InChI=1S/C21H32N6O2.HI/c1-4-23-21(24-11-5-13-27-17(3)14-16(2)26-27)25-12-10-18-6-8-19(9-7-18)29-15-20(22)28;/h6-9,14H,4-5,10-13,15H2,1-3H3,(H2,22,28)(H2,23,24,25);1H. The lowest BCUT2D eigenvalue weighted by Crippen LogP contribution is -2.38. The second-order valence-corrected chi connectivity index (χ2v) is 6.84. The summed E-state index contributed by atoms with van der Waals surface area (Å²) in [6.07, 6.45) is 1.79. The third-order valence-corrected chi connectivity index (χ3v) is 4.26. The van der Waals surface area contributed by atoms with Crippen molar-refractivity contribution in [1.29, 1.82) is 0 Å². The van der Waals surface area contributed by atoms with E-state index >= 15 is 0 Å². The number of aryl methyl sites for hydroxylation is 3. The highest BCUT2D eigenvalue weighted by molar-refractivity contribution is 14.0. The lowest BCUT2D eigenvalue weighted by Gasteiger charge is -2.12. The summed E-state index contributed by atoms with van der Waals surface area (Å²) in [5.41, 5.74) is 8.48. The Balaban J connectivity index is 0.00000450. The van der Waals surface area contributed by atoms with Crippen molar-refractivity contribution in [2.45, 2.75) is 40.2 Å². The fourth-order valence-electron chi connectivity index (χ4n) is 2.89. The average Bonchev–Trinajstić information content (AvgIpc) is 3.01. The molecule has 1 aromatic carbocycles. The molecule has 4 N–H and O–H groups in total. The molecular weight excluding hydrogens is 495 g/mol. The van der Waals surface area contributed by atoms with Gasteiger partial charge in [0.25, 0.3) is 5.91 Å². The van der Waals surface area contributed by atoms with Gasteiger partial charge in [0, 0.05) is 31.9 Å². The number of rotatable bonds is 11. The number of primary amides is 1. The fourth-order valence-corrected chi connectivity index (χ4v) is 2.89. The van der Waals surface area contributed by atoms with Crippen molar-refractivity contribution in [3.8, 4) is 5.75 Å². The first-order valence-corrected chi connectivity index (χ1v) is 10.0. The van der Waals surface area contributed by atoms with Crippen LogP contribution in [0.5, 0.6) is 5.75 Å². The van der Waals surface area contributed by atoms with E-state index in [-0.39, 0.29) is 30.6 Å². The maximum atomic E-state index is 10.7. The second kappa shape index (κ2) is 13.8. The van der Waals surface area contributed by atoms with Gasteiger partial charge in [-0.3, -0.25) is 14.5 Å². The monoisotopic (exact) mass is 528 g/mol. The molecule has 0 radical (unpaired) electrons. The van der Waals surface area contributed by atoms with Crippen molar-refractivity contribution in [1.82, 2.24) is 20.4 Å². The van der Waals surface area contributed by atoms with Crippen LogP contribution in [0.25, 0.3) is 0 Å². The maximum Gasteiger partial charge on any atom is 0.255 e. The zero-order valence-corrected chi connectivity index (χ0v) is 20.3. The molecule has 0 saturated carbocycles. The number of guanidine groups is 1. The molecule has 9 heteroatoms. The van der Waals surface area contributed by atoms with E-state index in [1.807, 2.05) is 35.9 Å². The van der Waals surface area contributed by atoms with Crippen LogP contribution in [0.3, 0.4) is 0 Å². The molecule has 0 fully saturated rings.